The Morgan fingerprint density at radius 2 is 2.33 bits per heavy atom. The monoisotopic (exact) mass is 248 g/mol. The first-order valence-electron chi connectivity index (χ1n) is 6.63. The van der Waals surface area contributed by atoms with Crippen LogP contribution in [0.25, 0.3) is 0 Å². The molecule has 0 spiro atoms. The third-order valence-electron chi connectivity index (χ3n) is 3.82. The van der Waals surface area contributed by atoms with E-state index in [9.17, 15) is 0 Å². The van der Waals surface area contributed by atoms with Gasteiger partial charge in [0.25, 0.3) is 0 Å². The number of aryl methyl sites for hydroxylation is 1. The van der Waals surface area contributed by atoms with Crippen LogP contribution in [0.15, 0.2) is 23.3 Å². The fourth-order valence-electron chi connectivity index (χ4n) is 2.27. The summed E-state index contributed by atoms with van der Waals surface area (Å²) in [5.41, 5.74) is 1.29. The summed E-state index contributed by atoms with van der Waals surface area (Å²) in [7, 11) is 6.00. The van der Waals surface area contributed by atoms with Crippen LogP contribution in [0.3, 0.4) is 0 Å². The van der Waals surface area contributed by atoms with Gasteiger partial charge >= 0.3 is 0 Å². The Morgan fingerprint density at radius 3 is 2.83 bits per heavy atom. The Kier molecular flexibility index (Phi) is 3.94. The van der Waals surface area contributed by atoms with Crippen molar-refractivity contribution < 1.29 is 0 Å². The third kappa shape index (κ3) is 3.06. The second-order valence-electron chi connectivity index (χ2n) is 5.37. The van der Waals surface area contributed by atoms with Gasteiger partial charge in [-0.25, -0.2) is 0 Å². The van der Waals surface area contributed by atoms with Crippen LogP contribution in [-0.2, 0) is 13.6 Å². The van der Waals surface area contributed by atoms with Crippen molar-refractivity contribution in [2.75, 3.05) is 20.6 Å². The van der Waals surface area contributed by atoms with Crippen LogP contribution in [0, 0.1) is 11.8 Å². The lowest BCUT2D eigenvalue weighted by molar-refractivity contribution is 0.459. The molecule has 0 bridgehead atoms. The Labute approximate surface area is 110 Å². The zero-order valence-corrected chi connectivity index (χ0v) is 11.8. The van der Waals surface area contributed by atoms with Crippen molar-refractivity contribution >= 4 is 5.96 Å². The molecule has 1 aliphatic rings. The molecule has 18 heavy (non-hydrogen) atoms. The van der Waals surface area contributed by atoms with Gasteiger partial charge in [-0.15, -0.1) is 0 Å². The second kappa shape index (κ2) is 5.46. The molecule has 2 unspecified atom stereocenters. The fourth-order valence-corrected chi connectivity index (χ4v) is 2.27. The molecule has 0 saturated heterocycles. The Hall–Kier alpha value is -1.45. The minimum atomic E-state index is 0.838. The van der Waals surface area contributed by atoms with E-state index in [1.54, 1.807) is 0 Å². The molecular weight excluding hydrogens is 224 g/mol. The molecule has 4 nitrogen and oxygen atoms in total. The van der Waals surface area contributed by atoms with E-state index in [2.05, 4.69) is 59.1 Å². The number of guanidine groups is 1. The van der Waals surface area contributed by atoms with E-state index in [1.807, 2.05) is 7.05 Å². The summed E-state index contributed by atoms with van der Waals surface area (Å²) in [5.74, 6) is 2.70. The quantitative estimate of drug-likeness (QED) is 0.649. The predicted octanol–water partition coefficient (Wildman–Crippen LogP) is 1.69. The molecule has 2 atom stereocenters. The van der Waals surface area contributed by atoms with Crippen LogP contribution < -0.4 is 5.32 Å². The van der Waals surface area contributed by atoms with Crippen LogP contribution >= 0.6 is 0 Å². The summed E-state index contributed by atoms with van der Waals surface area (Å²) >= 11 is 0. The Balaban J connectivity index is 1.85. The molecule has 0 aromatic carbocycles. The molecule has 100 valence electrons. The number of aliphatic imine (C=N–C) groups is 1. The summed E-state index contributed by atoms with van der Waals surface area (Å²) in [4.78, 5) is 6.51. The summed E-state index contributed by atoms with van der Waals surface area (Å²) < 4.78 is 2.15. The van der Waals surface area contributed by atoms with Crippen molar-refractivity contribution in [3.05, 3.63) is 24.0 Å². The molecule has 1 heterocycles. The average molecular weight is 248 g/mol. The van der Waals surface area contributed by atoms with Gasteiger partial charge in [0.2, 0.25) is 0 Å². The average Bonchev–Trinajstić information content (AvgIpc) is 2.90. The van der Waals surface area contributed by atoms with Crippen LogP contribution in [0.2, 0.25) is 0 Å². The molecule has 2 rings (SSSR count). The van der Waals surface area contributed by atoms with Gasteiger partial charge in [0.1, 0.15) is 0 Å². The molecule has 0 aliphatic heterocycles. The first kappa shape index (κ1) is 13.0. The van der Waals surface area contributed by atoms with Crippen LogP contribution in [-0.4, -0.2) is 36.1 Å². The van der Waals surface area contributed by atoms with Crippen LogP contribution in [0.5, 0.6) is 0 Å². The van der Waals surface area contributed by atoms with Gasteiger partial charge in [-0.2, -0.15) is 0 Å². The van der Waals surface area contributed by atoms with Gasteiger partial charge in [-0.05, 0) is 30.4 Å². The maximum atomic E-state index is 4.35. The molecular formula is C14H24N4. The topological polar surface area (TPSA) is 32.6 Å². The van der Waals surface area contributed by atoms with E-state index in [0.29, 0.717) is 0 Å². The van der Waals surface area contributed by atoms with Gasteiger partial charge in [-0.1, -0.05) is 6.92 Å². The smallest absolute Gasteiger partial charge is 0.193 e. The molecule has 1 saturated carbocycles. The lowest BCUT2D eigenvalue weighted by Crippen LogP contribution is -2.39. The molecule has 1 aliphatic carbocycles. The van der Waals surface area contributed by atoms with Crippen molar-refractivity contribution in [2.24, 2.45) is 23.9 Å². The molecule has 0 radical (unpaired) electrons. The van der Waals surface area contributed by atoms with E-state index in [1.165, 1.54) is 12.1 Å². The van der Waals surface area contributed by atoms with Gasteiger partial charge in [0.15, 0.2) is 5.96 Å². The largest absolute Gasteiger partial charge is 0.356 e. The lowest BCUT2D eigenvalue weighted by atomic mass is 10.3. The maximum Gasteiger partial charge on any atom is 0.193 e. The third-order valence-corrected chi connectivity index (χ3v) is 3.82. The van der Waals surface area contributed by atoms with Crippen molar-refractivity contribution in [1.29, 1.82) is 0 Å². The van der Waals surface area contributed by atoms with E-state index < -0.39 is 0 Å². The van der Waals surface area contributed by atoms with Crippen LogP contribution in [0.4, 0.5) is 0 Å². The number of aromatic nitrogens is 1. The molecule has 1 aromatic heterocycles. The Bertz CT molecular complexity index is 421. The maximum absolute atomic E-state index is 4.35. The van der Waals surface area contributed by atoms with Crippen molar-refractivity contribution in [1.82, 2.24) is 14.8 Å². The highest BCUT2D eigenvalue weighted by Gasteiger charge is 2.32. The number of hydrogen-bond donors (Lipinski definition) is 1. The van der Waals surface area contributed by atoms with Crippen molar-refractivity contribution in [3.63, 3.8) is 0 Å². The Morgan fingerprint density at radius 1 is 1.61 bits per heavy atom. The highest BCUT2D eigenvalue weighted by molar-refractivity contribution is 5.79. The summed E-state index contributed by atoms with van der Waals surface area (Å²) in [6.07, 6.45) is 3.43. The molecule has 0 amide bonds. The van der Waals surface area contributed by atoms with E-state index in [-0.39, 0.29) is 0 Å². The highest BCUT2D eigenvalue weighted by atomic mass is 15.3. The number of hydrogen-bond acceptors (Lipinski definition) is 1. The van der Waals surface area contributed by atoms with Gasteiger partial charge in [-0.3, -0.25) is 4.99 Å². The standard InChI is InChI=1S/C14H24N4/c1-11-8-12(11)9-16-14(15-2)18(4)10-13-6-5-7-17(13)3/h5-7,11-12H,8-10H2,1-4H3,(H,15,16). The summed E-state index contributed by atoms with van der Waals surface area (Å²) in [6.45, 7) is 4.23. The zero-order valence-electron chi connectivity index (χ0n) is 11.8. The van der Waals surface area contributed by atoms with Gasteiger partial charge < -0.3 is 14.8 Å². The minimum absolute atomic E-state index is 0.838. The first-order valence-corrected chi connectivity index (χ1v) is 6.63. The molecule has 4 heteroatoms. The number of nitrogens with zero attached hydrogens (tertiary/aromatic N) is 3. The van der Waals surface area contributed by atoms with E-state index in [4.69, 9.17) is 0 Å². The van der Waals surface area contributed by atoms with Gasteiger partial charge in [0, 0.05) is 39.6 Å². The summed E-state index contributed by atoms with van der Waals surface area (Å²) in [5, 5.41) is 3.46. The first-order chi connectivity index (χ1) is 8.61. The molecule has 1 fully saturated rings. The SMILES string of the molecule is CN=C(NCC1CC1C)N(C)Cc1cccn1C. The highest BCUT2D eigenvalue weighted by Crippen LogP contribution is 2.36. The lowest BCUT2D eigenvalue weighted by Gasteiger charge is -2.22. The van der Waals surface area contributed by atoms with Gasteiger partial charge in [0.05, 0.1) is 6.54 Å². The molecule has 1 N–H and O–H groups in total. The molecule has 1 aromatic rings. The number of nitrogens with one attached hydrogen (secondary N) is 1. The number of rotatable bonds is 4. The van der Waals surface area contributed by atoms with Crippen molar-refractivity contribution in [2.45, 2.75) is 19.9 Å². The minimum Gasteiger partial charge on any atom is -0.356 e. The normalized spacial score (nSPS) is 23.0. The zero-order chi connectivity index (χ0) is 13.1. The predicted molar refractivity (Wildman–Crippen MR) is 75.5 cm³/mol. The van der Waals surface area contributed by atoms with E-state index in [0.717, 1.165) is 30.9 Å². The second-order valence-corrected chi connectivity index (χ2v) is 5.37. The summed E-state index contributed by atoms with van der Waals surface area (Å²) in [6, 6.07) is 4.22. The fraction of sp³-hybridized carbons (Fsp3) is 0.643. The van der Waals surface area contributed by atoms with Crippen LogP contribution in [0.1, 0.15) is 19.0 Å². The van der Waals surface area contributed by atoms with Crippen molar-refractivity contribution in [3.8, 4) is 0 Å². The van der Waals surface area contributed by atoms with E-state index >= 15 is 0 Å².